The maximum absolute atomic E-state index is 12.3. The molecular weight excluding hydrogens is 364 g/mol. The topological polar surface area (TPSA) is 83.6 Å². The number of methoxy groups -OCH3 is 1. The van der Waals surface area contributed by atoms with Crippen LogP contribution in [0.4, 0.5) is 15.6 Å². The molecule has 1 aliphatic heterocycles. The molecule has 1 aliphatic rings. The summed E-state index contributed by atoms with van der Waals surface area (Å²) in [6.07, 6.45) is 0.254. The van der Waals surface area contributed by atoms with E-state index in [1.54, 1.807) is 12.0 Å². The number of anilines is 2. The van der Waals surface area contributed by atoms with Gasteiger partial charge in [-0.15, -0.1) is 0 Å². The highest BCUT2D eigenvalue weighted by atomic mass is 32.1. The zero-order valence-electron chi connectivity index (χ0n) is 14.6. The summed E-state index contributed by atoms with van der Waals surface area (Å²) in [5.41, 5.74) is 1.60. The minimum atomic E-state index is -0.362. The van der Waals surface area contributed by atoms with Crippen molar-refractivity contribution in [2.75, 3.05) is 23.9 Å². The smallest absolute Gasteiger partial charge is 0.321 e. The van der Waals surface area contributed by atoms with Gasteiger partial charge >= 0.3 is 6.03 Å². The van der Waals surface area contributed by atoms with E-state index >= 15 is 0 Å². The van der Waals surface area contributed by atoms with Crippen molar-refractivity contribution in [2.24, 2.45) is 0 Å². The number of aromatic nitrogens is 1. The summed E-state index contributed by atoms with van der Waals surface area (Å²) in [7, 11) is 1.58. The molecule has 0 saturated carbocycles. The molecule has 1 atom stereocenters. The molecule has 1 aromatic heterocycles. The summed E-state index contributed by atoms with van der Waals surface area (Å²) in [6.45, 7) is 0.416. The second-order valence-electron chi connectivity index (χ2n) is 6.19. The lowest BCUT2D eigenvalue weighted by Gasteiger charge is -2.18. The third kappa shape index (κ3) is 3.70. The first-order valence-electron chi connectivity index (χ1n) is 8.50. The van der Waals surface area contributed by atoms with Gasteiger partial charge in [0.2, 0.25) is 5.91 Å². The maximum Gasteiger partial charge on any atom is 0.321 e. The monoisotopic (exact) mass is 382 g/mol. The van der Waals surface area contributed by atoms with E-state index in [0.717, 1.165) is 15.9 Å². The van der Waals surface area contributed by atoms with Crippen LogP contribution in [-0.2, 0) is 4.79 Å². The number of carbonyl (C=O) groups is 2. The van der Waals surface area contributed by atoms with E-state index in [1.165, 1.54) is 11.3 Å². The lowest BCUT2D eigenvalue weighted by Crippen LogP contribution is -2.39. The van der Waals surface area contributed by atoms with Gasteiger partial charge in [-0.1, -0.05) is 29.5 Å². The minimum Gasteiger partial charge on any atom is -0.497 e. The number of nitrogens with zero attached hydrogens (tertiary/aromatic N) is 2. The van der Waals surface area contributed by atoms with Crippen LogP contribution in [0.1, 0.15) is 6.42 Å². The van der Waals surface area contributed by atoms with Gasteiger partial charge < -0.3 is 15.0 Å². The molecule has 8 heteroatoms. The van der Waals surface area contributed by atoms with Crippen LogP contribution in [-0.4, -0.2) is 36.6 Å². The van der Waals surface area contributed by atoms with Gasteiger partial charge in [-0.25, -0.2) is 9.78 Å². The van der Waals surface area contributed by atoms with Gasteiger partial charge in [-0.05, 0) is 24.3 Å². The normalized spacial score (nSPS) is 16.6. The second kappa shape index (κ2) is 7.24. The lowest BCUT2D eigenvalue weighted by molar-refractivity contribution is -0.117. The molecule has 7 nitrogen and oxygen atoms in total. The molecule has 1 saturated heterocycles. The Labute approximate surface area is 160 Å². The van der Waals surface area contributed by atoms with Crippen LogP contribution in [0.5, 0.6) is 5.75 Å². The van der Waals surface area contributed by atoms with E-state index in [2.05, 4.69) is 15.6 Å². The first kappa shape index (κ1) is 17.3. The number of amides is 3. The van der Waals surface area contributed by atoms with Crippen molar-refractivity contribution < 1.29 is 14.3 Å². The molecule has 2 heterocycles. The summed E-state index contributed by atoms with van der Waals surface area (Å²) in [4.78, 5) is 30.7. The Hall–Kier alpha value is -3.13. The van der Waals surface area contributed by atoms with E-state index in [0.29, 0.717) is 17.4 Å². The maximum atomic E-state index is 12.3. The van der Waals surface area contributed by atoms with Crippen molar-refractivity contribution in [1.82, 2.24) is 10.3 Å². The van der Waals surface area contributed by atoms with Gasteiger partial charge in [0.15, 0.2) is 5.13 Å². The van der Waals surface area contributed by atoms with Crippen LogP contribution in [0.3, 0.4) is 0 Å². The average Bonchev–Trinajstić information content (AvgIpc) is 3.24. The zero-order chi connectivity index (χ0) is 18.8. The molecule has 0 spiro atoms. The Morgan fingerprint density at radius 3 is 2.93 bits per heavy atom. The van der Waals surface area contributed by atoms with Crippen LogP contribution in [0.15, 0.2) is 48.5 Å². The number of para-hydroxylation sites is 1. The largest absolute Gasteiger partial charge is 0.497 e. The molecule has 0 radical (unpaired) electrons. The lowest BCUT2D eigenvalue weighted by atomic mass is 10.2. The number of carbonyl (C=O) groups excluding carboxylic acids is 2. The molecule has 0 aliphatic carbocycles. The summed E-state index contributed by atoms with van der Waals surface area (Å²) < 4.78 is 6.22. The van der Waals surface area contributed by atoms with Gasteiger partial charge in [0.05, 0.1) is 23.4 Å². The molecule has 1 fully saturated rings. The Bertz CT molecular complexity index is 970. The highest BCUT2D eigenvalue weighted by molar-refractivity contribution is 7.22. The average molecular weight is 382 g/mol. The van der Waals surface area contributed by atoms with Gasteiger partial charge in [0.1, 0.15) is 5.75 Å². The number of urea groups is 1. The predicted octanol–water partition coefficient (Wildman–Crippen LogP) is 3.23. The van der Waals surface area contributed by atoms with Crippen molar-refractivity contribution in [3.05, 3.63) is 48.5 Å². The molecule has 4 rings (SSSR count). The second-order valence-corrected chi connectivity index (χ2v) is 7.22. The van der Waals surface area contributed by atoms with Crippen LogP contribution >= 0.6 is 11.3 Å². The first-order valence-corrected chi connectivity index (χ1v) is 9.31. The minimum absolute atomic E-state index is 0.0338. The predicted molar refractivity (Wildman–Crippen MR) is 106 cm³/mol. The molecule has 0 unspecified atom stereocenters. The van der Waals surface area contributed by atoms with Crippen molar-refractivity contribution in [3.63, 3.8) is 0 Å². The van der Waals surface area contributed by atoms with E-state index in [9.17, 15) is 9.59 Å². The quantitative estimate of drug-likeness (QED) is 0.726. The van der Waals surface area contributed by atoms with Gasteiger partial charge in [0, 0.05) is 24.7 Å². The fourth-order valence-corrected chi connectivity index (χ4v) is 3.94. The fraction of sp³-hybridized carbons (Fsp3) is 0.211. The number of hydrogen-bond donors (Lipinski definition) is 2. The number of hydrogen-bond acceptors (Lipinski definition) is 5. The molecule has 3 aromatic rings. The SMILES string of the molecule is COc1cccc(N2C[C@H](NC(=O)Nc3nc4ccccc4s3)CC2=O)c1. The van der Waals surface area contributed by atoms with Crippen LogP contribution in [0.2, 0.25) is 0 Å². The number of benzene rings is 2. The van der Waals surface area contributed by atoms with Crippen LogP contribution < -0.4 is 20.3 Å². The first-order chi connectivity index (χ1) is 13.1. The van der Waals surface area contributed by atoms with Gasteiger partial charge in [-0.3, -0.25) is 10.1 Å². The van der Waals surface area contributed by atoms with Crippen molar-refractivity contribution in [1.29, 1.82) is 0 Å². The fourth-order valence-electron chi connectivity index (χ4n) is 3.08. The Morgan fingerprint density at radius 1 is 1.26 bits per heavy atom. The van der Waals surface area contributed by atoms with E-state index in [-0.39, 0.29) is 24.4 Å². The Balaban J connectivity index is 1.39. The van der Waals surface area contributed by atoms with Gasteiger partial charge in [0.25, 0.3) is 0 Å². The molecule has 2 N–H and O–H groups in total. The number of ether oxygens (including phenoxy) is 1. The third-order valence-electron chi connectivity index (χ3n) is 4.34. The van der Waals surface area contributed by atoms with Crippen LogP contribution in [0.25, 0.3) is 10.2 Å². The molecule has 0 bridgehead atoms. The molecule has 138 valence electrons. The Morgan fingerprint density at radius 2 is 2.11 bits per heavy atom. The molecule has 2 aromatic carbocycles. The molecule has 27 heavy (non-hydrogen) atoms. The molecule has 3 amide bonds. The van der Waals surface area contributed by atoms with Crippen LogP contribution in [0, 0.1) is 0 Å². The zero-order valence-corrected chi connectivity index (χ0v) is 15.5. The number of thiazole rings is 1. The highest BCUT2D eigenvalue weighted by Crippen LogP contribution is 2.27. The third-order valence-corrected chi connectivity index (χ3v) is 5.29. The van der Waals surface area contributed by atoms with E-state index in [4.69, 9.17) is 4.74 Å². The molecular formula is C19H18N4O3S. The highest BCUT2D eigenvalue weighted by Gasteiger charge is 2.31. The van der Waals surface area contributed by atoms with Crippen molar-refractivity contribution in [3.8, 4) is 5.75 Å². The summed E-state index contributed by atoms with van der Waals surface area (Å²) in [6, 6.07) is 14.4. The number of nitrogens with one attached hydrogen (secondary N) is 2. The van der Waals surface area contributed by atoms with E-state index in [1.807, 2.05) is 48.5 Å². The van der Waals surface area contributed by atoms with Crippen molar-refractivity contribution in [2.45, 2.75) is 12.5 Å². The van der Waals surface area contributed by atoms with Gasteiger partial charge in [-0.2, -0.15) is 0 Å². The number of fused-ring (bicyclic) bond motifs is 1. The van der Waals surface area contributed by atoms with Crippen molar-refractivity contribution >= 4 is 44.3 Å². The summed E-state index contributed by atoms with van der Waals surface area (Å²) in [5, 5.41) is 6.14. The number of rotatable bonds is 4. The summed E-state index contributed by atoms with van der Waals surface area (Å²) >= 11 is 1.41. The Kier molecular flexibility index (Phi) is 4.64. The summed E-state index contributed by atoms with van der Waals surface area (Å²) in [5.74, 6) is 0.652. The standard InChI is InChI=1S/C19H18N4O3S/c1-26-14-6-4-5-13(10-14)23-11-12(9-17(23)24)20-18(25)22-19-21-15-7-2-3-8-16(15)27-19/h2-8,10,12H,9,11H2,1H3,(H2,20,21,22,25)/t12-/m1/s1. The van der Waals surface area contributed by atoms with E-state index < -0.39 is 0 Å².